The van der Waals surface area contributed by atoms with Crippen LogP contribution in [0.5, 0.6) is 0 Å². The van der Waals surface area contributed by atoms with Crippen molar-refractivity contribution in [2.45, 2.75) is 44.7 Å². The maximum Gasteiger partial charge on any atom is 0.273 e. The van der Waals surface area contributed by atoms with Crippen LogP contribution in [0, 0.1) is 6.92 Å². The number of nitrogens with zero attached hydrogens (tertiary/aromatic N) is 3. The highest BCUT2D eigenvalue weighted by atomic mass is 32.2. The second kappa shape index (κ2) is 9.34. The lowest BCUT2D eigenvalue weighted by molar-refractivity contribution is 0.00746. The van der Waals surface area contributed by atoms with Crippen LogP contribution in [0.1, 0.15) is 41.9 Å². The van der Waals surface area contributed by atoms with Gasteiger partial charge in [0.2, 0.25) is 10.0 Å². The smallest absolute Gasteiger partial charge is 0.273 e. The first kappa shape index (κ1) is 21.2. The van der Waals surface area contributed by atoms with Gasteiger partial charge in [-0.1, -0.05) is 5.16 Å². The van der Waals surface area contributed by atoms with E-state index in [0.717, 1.165) is 45.4 Å². The fourth-order valence-electron chi connectivity index (χ4n) is 4.05. The van der Waals surface area contributed by atoms with Gasteiger partial charge in [-0.05, 0) is 32.6 Å². The number of nitrogens with one attached hydrogen (secondary N) is 1. The molecule has 28 heavy (non-hydrogen) atoms. The molecule has 158 valence electrons. The normalized spacial score (nSPS) is 20.5. The summed E-state index contributed by atoms with van der Waals surface area (Å²) in [5.74, 6) is 0.363. The molecule has 0 atom stereocenters. The Morgan fingerprint density at radius 1 is 1.25 bits per heavy atom. The summed E-state index contributed by atoms with van der Waals surface area (Å²) >= 11 is 0. The van der Waals surface area contributed by atoms with Crippen LogP contribution in [0.15, 0.2) is 10.6 Å². The summed E-state index contributed by atoms with van der Waals surface area (Å²) in [7, 11) is -3.13. The van der Waals surface area contributed by atoms with Gasteiger partial charge in [-0.25, -0.2) is 12.7 Å². The van der Waals surface area contributed by atoms with E-state index in [1.54, 1.807) is 17.3 Å². The predicted molar refractivity (Wildman–Crippen MR) is 104 cm³/mol. The van der Waals surface area contributed by atoms with Gasteiger partial charge < -0.3 is 14.6 Å². The summed E-state index contributed by atoms with van der Waals surface area (Å²) in [5.41, 5.74) is 0.288. The van der Waals surface area contributed by atoms with Crippen LogP contribution in [0.2, 0.25) is 0 Å². The number of hydrogen-bond acceptors (Lipinski definition) is 7. The number of aromatic nitrogens is 1. The zero-order chi connectivity index (χ0) is 20.1. The van der Waals surface area contributed by atoms with Crippen LogP contribution in [-0.4, -0.2) is 86.4 Å². The Bertz CT molecular complexity index is 752. The summed E-state index contributed by atoms with van der Waals surface area (Å²) in [5, 5.41) is 6.66. The third kappa shape index (κ3) is 5.53. The Labute approximate surface area is 166 Å². The number of carbonyl (C=O) groups excluding carboxylic acids is 1. The molecule has 0 unspecified atom stereocenters. The molecule has 0 aliphatic carbocycles. The highest BCUT2D eigenvalue weighted by Gasteiger charge is 2.32. The average molecular weight is 415 g/mol. The molecule has 3 heterocycles. The molecule has 2 saturated heterocycles. The van der Waals surface area contributed by atoms with Gasteiger partial charge in [0.05, 0.1) is 6.26 Å². The molecular weight excluding hydrogens is 384 g/mol. The summed E-state index contributed by atoms with van der Waals surface area (Å²) < 4.78 is 35.6. The lowest BCUT2D eigenvalue weighted by atomic mass is 9.98. The first-order valence-corrected chi connectivity index (χ1v) is 11.7. The molecule has 0 radical (unpaired) electrons. The van der Waals surface area contributed by atoms with E-state index in [-0.39, 0.29) is 11.6 Å². The van der Waals surface area contributed by atoms with Crippen LogP contribution in [-0.2, 0) is 14.8 Å². The number of ether oxygens (including phenoxy) is 1. The van der Waals surface area contributed by atoms with Crippen molar-refractivity contribution < 1.29 is 22.5 Å². The molecule has 2 aliphatic rings. The molecule has 1 N–H and O–H groups in total. The highest BCUT2D eigenvalue weighted by Crippen LogP contribution is 2.24. The minimum atomic E-state index is -3.13. The van der Waals surface area contributed by atoms with Crippen LogP contribution >= 0.6 is 0 Å². The lowest BCUT2D eigenvalue weighted by Gasteiger charge is -2.43. The maximum absolute atomic E-state index is 12.2. The predicted octanol–water partition coefficient (Wildman–Crippen LogP) is 0.618. The third-order valence-corrected chi connectivity index (χ3v) is 6.84. The lowest BCUT2D eigenvalue weighted by Crippen LogP contribution is -2.53. The van der Waals surface area contributed by atoms with Crippen molar-refractivity contribution in [3.63, 3.8) is 0 Å². The SMILES string of the molecule is Cc1cc(C(=O)NCCN(C2CCOCC2)C2CCN(S(C)(=O)=O)CC2)no1. The number of carbonyl (C=O) groups is 1. The first-order valence-electron chi connectivity index (χ1n) is 9.84. The Balaban J connectivity index is 1.57. The standard InChI is InChI=1S/C18H30N4O5S/c1-14-13-17(20-27-14)18(23)19-7-10-22(16-5-11-26-12-6-16)15-3-8-21(9-4-15)28(2,24)25/h13,15-16H,3-12H2,1-2H3,(H,19,23). The molecule has 0 saturated carbocycles. The molecule has 0 spiro atoms. The summed E-state index contributed by atoms with van der Waals surface area (Å²) in [6.45, 7) is 5.56. The Morgan fingerprint density at radius 2 is 1.89 bits per heavy atom. The average Bonchev–Trinajstić information content (AvgIpc) is 3.12. The van der Waals surface area contributed by atoms with E-state index in [1.807, 2.05) is 0 Å². The number of amides is 1. The highest BCUT2D eigenvalue weighted by molar-refractivity contribution is 7.88. The van der Waals surface area contributed by atoms with Gasteiger partial charge in [0, 0.05) is 57.5 Å². The quantitative estimate of drug-likeness (QED) is 0.697. The molecule has 9 nitrogen and oxygen atoms in total. The van der Waals surface area contributed by atoms with Gasteiger partial charge in [-0.2, -0.15) is 0 Å². The summed E-state index contributed by atoms with van der Waals surface area (Å²) in [4.78, 5) is 14.6. The zero-order valence-corrected chi connectivity index (χ0v) is 17.4. The minimum Gasteiger partial charge on any atom is -0.381 e. The van der Waals surface area contributed by atoms with Gasteiger partial charge in [0.1, 0.15) is 5.76 Å². The number of aryl methyl sites for hydroxylation is 1. The van der Waals surface area contributed by atoms with Crippen molar-refractivity contribution >= 4 is 15.9 Å². The molecule has 2 fully saturated rings. The van der Waals surface area contributed by atoms with Gasteiger partial charge in [0.15, 0.2) is 5.69 Å². The van der Waals surface area contributed by atoms with Crippen molar-refractivity contribution in [3.05, 3.63) is 17.5 Å². The summed E-state index contributed by atoms with van der Waals surface area (Å²) in [6.07, 6.45) is 4.80. The maximum atomic E-state index is 12.2. The Morgan fingerprint density at radius 3 is 2.46 bits per heavy atom. The number of rotatable bonds is 7. The minimum absolute atomic E-state index is 0.240. The summed E-state index contributed by atoms with van der Waals surface area (Å²) in [6, 6.07) is 2.33. The van der Waals surface area contributed by atoms with Crippen molar-refractivity contribution in [1.29, 1.82) is 0 Å². The van der Waals surface area contributed by atoms with Crippen molar-refractivity contribution in [1.82, 2.24) is 19.7 Å². The molecule has 10 heteroatoms. The van der Waals surface area contributed by atoms with E-state index in [2.05, 4.69) is 15.4 Å². The number of piperidine rings is 1. The van der Waals surface area contributed by atoms with Crippen molar-refractivity contribution in [2.24, 2.45) is 0 Å². The van der Waals surface area contributed by atoms with Gasteiger partial charge >= 0.3 is 0 Å². The van der Waals surface area contributed by atoms with Gasteiger partial charge in [-0.3, -0.25) is 9.69 Å². The number of sulfonamides is 1. The third-order valence-electron chi connectivity index (χ3n) is 5.54. The van der Waals surface area contributed by atoms with E-state index < -0.39 is 10.0 Å². The first-order chi connectivity index (χ1) is 13.3. The molecule has 1 aromatic rings. The van der Waals surface area contributed by atoms with E-state index in [4.69, 9.17) is 9.26 Å². The largest absolute Gasteiger partial charge is 0.381 e. The Hall–Kier alpha value is -1.49. The molecule has 0 bridgehead atoms. The topological polar surface area (TPSA) is 105 Å². The van der Waals surface area contributed by atoms with E-state index in [1.165, 1.54) is 6.26 Å². The van der Waals surface area contributed by atoms with E-state index in [0.29, 0.717) is 37.5 Å². The zero-order valence-electron chi connectivity index (χ0n) is 16.6. The second-order valence-corrected chi connectivity index (χ2v) is 9.54. The van der Waals surface area contributed by atoms with Crippen molar-refractivity contribution in [2.75, 3.05) is 45.6 Å². The fraction of sp³-hybridized carbons (Fsp3) is 0.778. The van der Waals surface area contributed by atoms with E-state index >= 15 is 0 Å². The van der Waals surface area contributed by atoms with Crippen LogP contribution < -0.4 is 5.32 Å². The fourth-order valence-corrected chi connectivity index (χ4v) is 4.92. The van der Waals surface area contributed by atoms with Crippen molar-refractivity contribution in [3.8, 4) is 0 Å². The molecule has 3 rings (SSSR count). The van der Waals surface area contributed by atoms with Crippen LogP contribution in [0.3, 0.4) is 0 Å². The Kier molecular flexibility index (Phi) is 7.08. The molecule has 0 aromatic carbocycles. The molecule has 2 aliphatic heterocycles. The van der Waals surface area contributed by atoms with Gasteiger partial charge in [-0.15, -0.1) is 0 Å². The molecular formula is C18H30N4O5S. The van der Waals surface area contributed by atoms with Crippen LogP contribution in [0.4, 0.5) is 0 Å². The van der Waals surface area contributed by atoms with E-state index in [9.17, 15) is 13.2 Å². The van der Waals surface area contributed by atoms with Gasteiger partial charge in [0.25, 0.3) is 5.91 Å². The molecule has 1 aromatic heterocycles. The monoisotopic (exact) mass is 414 g/mol. The molecule has 1 amide bonds. The second-order valence-electron chi connectivity index (χ2n) is 7.55. The van der Waals surface area contributed by atoms with Crippen LogP contribution in [0.25, 0.3) is 0 Å². The number of hydrogen-bond donors (Lipinski definition) is 1.